The number of aromatic nitrogens is 2. The molecule has 1 N–H and O–H groups in total. The Hall–Kier alpha value is -3.66. The molecule has 0 saturated carbocycles. The first-order valence-electron chi connectivity index (χ1n) is 10.8. The van der Waals surface area contributed by atoms with Crippen LogP contribution in [0.5, 0.6) is 0 Å². The minimum atomic E-state index is -3.68. The predicted octanol–water partition coefficient (Wildman–Crippen LogP) is 3.57. The first-order chi connectivity index (χ1) is 16.5. The second kappa shape index (κ2) is 9.30. The van der Waals surface area contributed by atoms with Crippen molar-refractivity contribution in [2.75, 3.05) is 31.6 Å². The Kier molecular flexibility index (Phi) is 6.06. The molecule has 0 bridgehead atoms. The van der Waals surface area contributed by atoms with Crippen molar-refractivity contribution in [2.24, 2.45) is 0 Å². The maximum atomic E-state index is 13.3. The maximum absolute atomic E-state index is 13.3. The topological polar surface area (TPSA) is 101 Å². The first-order valence-corrected chi connectivity index (χ1v) is 12.3. The Morgan fingerprint density at radius 1 is 0.941 bits per heavy atom. The van der Waals surface area contributed by atoms with Crippen LogP contribution in [0.2, 0.25) is 0 Å². The molecule has 0 radical (unpaired) electrons. The highest BCUT2D eigenvalue weighted by Gasteiger charge is 2.26. The van der Waals surface area contributed by atoms with Gasteiger partial charge in [-0.25, -0.2) is 13.4 Å². The summed E-state index contributed by atoms with van der Waals surface area (Å²) in [6.45, 7) is 1.34. The molecule has 3 heterocycles. The third-order valence-corrected chi connectivity index (χ3v) is 7.53. The molecular formula is C25H22N4O4S. The molecule has 0 atom stereocenters. The van der Waals surface area contributed by atoms with Gasteiger partial charge in [0.15, 0.2) is 0 Å². The summed E-state index contributed by atoms with van der Waals surface area (Å²) in [7, 11) is -3.68. The summed E-state index contributed by atoms with van der Waals surface area (Å²) in [6.07, 6.45) is 3.35. The largest absolute Gasteiger partial charge is 0.379 e. The van der Waals surface area contributed by atoms with E-state index in [-0.39, 0.29) is 10.8 Å². The number of hydrogen-bond acceptors (Lipinski definition) is 6. The number of morpholine rings is 1. The summed E-state index contributed by atoms with van der Waals surface area (Å²) in [6, 6.07) is 19.1. The van der Waals surface area contributed by atoms with Crippen LogP contribution in [0.4, 0.5) is 5.69 Å². The molecule has 8 nitrogen and oxygen atoms in total. The number of pyridine rings is 2. The van der Waals surface area contributed by atoms with E-state index < -0.39 is 10.0 Å². The van der Waals surface area contributed by atoms with Gasteiger partial charge in [-0.1, -0.05) is 24.3 Å². The quantitative estimate of drug-likeness (QED) is 0.475. The number of rotatable bonds is 5. The molecule has 34 heavy (non-hydrogen) atoms. The van der Waals surface area contributed by atoms with Gasteiger partial charge in [0.25, 0.3) is 5.91 Å². The summed E-state index contributed by atoms with van der Waals surface area (Å²) < 4.78 is 32.7. The van der Waals surface area contributed by atoms with Gasteiger partial charge in [0.1, 0.15) is 0 Å². The molecule has 1 amide bonds. The number of nitrogens with one attached hydrogen (secondary N) is 1. The minimum Gasteiger partial charge on any atom is -0.379 e. The second-order valence-corrected chi connectivity index (χ2v) is 9.74. The van der Waals surface area contributed by atoms with Crippen molar-refractivity contribution in [3.05, 3.63) is 84.7 Å². The Morgan fingerprint density at radius 3 is 2.50 bits per heavy atom. The fourth-order valence-corrected chi connectivity index (χ4v) is 5.36. The van der Waals surface area contributed by atoms with E-state index in [1.807, 2.05) is 36.4 Å². The van der Waals surface area contributed by atoms with Gasteiger partial charge in [0.2, 0.25) is 10.0 Å². The standard InChI is InChI=1S/C25H22N4O4S/c30-25(27-19-4-3-5-20(16-19)34(31,32)29-12-14-33-15-13-29)22-17-24(18-8-10-26-11-9-18)28-23-7-2-1-6-21(22)23/h1-11,16-17H,12-15H2,(H,27,30). The van der Waals surface area contributed by atoms with Gasteiger partial charge in [-0.2, -0.15) is 4.31 Å². The number of para-hydroxylation sites is 1. The van der Waals surface area contributed by atoms with Crippen molar-refractivity contribution >= 4 is 32.5 Å². The van der Waals surface area contributed by atoms with E-state index in [0.717, 1.165) is 5.56 Å². The molecule has 1 saturated heterocycles. The summed E-state index contributed by atoms with van der Waals surface area (Å²) in [4.78, 5) is 22.2. The highest BCUT2D eigenvalue weighted by atomic mass is 32.2. The molecule has 1 aliphatic rings. The highest BCUT2D eigenvalue weighted by Crippen LogP contribution is 2.26. The molecule has 9 heteroatoms. The number of ether oxygens (including phenoxy) is 1. The van der Waals surface area contributed by atoms with Gasteiger partial charge in [0, 0.05) is 42.1 Å². The molecule has 2 aromatic carbocycles. The zero-order valence-electron chi connectivity index (χ0n) is 18.2. The lowest BCUT2D eigenvalue weighted by Crippen LogP contribution is -2.40. The van der Waals surface area contributed by atoms with Crippen LogP contribution in [0.25, 0.3) is 22.2 Å². The molecule has 0 spiro atoms. The average molecular weight is 475 g/mol. The van der Waals surface area contributed by atoms with E-state index in [2.05, 4.69) is 10.3 Å². The lowest BCUT2D eigenvalue weighted by Gasteiger charge is -2.26. The van der Waals surface area contributed by atoms with Gasteiger partial charge in [-0.3, -0.25) is 9.78 Å². The van der Waals surface area contributed by atoms with Crippen molar-refractivity contribution in [1.82, 2.24) is 14.3 Å². The molecular weight excluding hydrogens is 452 g/mol. The van der Waals surface area contributed by atoms with Crippen LogP contribution in [-0.2, 0) is 14.8 Å². The first kappa shape index (κ1) is 22.1. The summed E-state index contributed by atoms with van der Waals surface area (Å²) in [5.41, 5.74) is 3.01. The van der Waals surface area contributed by atoms with Crippen LogP contribution in [0.1, 0.15) is 10.4 Å². The van der Waals surface area contributed by atoms with Crippen molar-refractivity contribution in [3.63, 3.8) is 0 Å². The van der Waals surface area contributed by atoms with Crippen LogP contribution in [0, 0.1) is 0 Å². The second-order valence-electron chi connectivity index (χ2n) is 7.81. The normalized spacial score (nSPS) is 14.7. The van der Waals surface area contributed by atoms with Crippen molar-refractivity contribution < 1.29 is 17.9 Å². The number of sulfonamides is 1. The van der Waals surface area contributed by atoms with Crippen molar-refractivity contribution in [2.45, 2.75) is 4.90 Å². The Morgan fingerprint density at radius 2 is 1.71 bits per heavy atom. The van der Waals surface area contributed by atoms with Gasteiger partial charge in [0.05, 0.1) is 34.9 Å². The van der Waals surface area contributed by atoms with Crippen molar-refractivity contribution in [1.29, 1.82) is 0 Å². The average Bonchev–Trinajstić information content (AvgIpc) is 2.89. The molecule has 4 aromatic rings. The predicted molar refractivity (Wildman–Crippen MR) is 129 cm³/mol. The van der Waals surface area contributed by atoms with Crippen LogP contribution < -0.4 is 5.32 Å². The Balaban J connectivity index is 1.48. The van der Waals surface area contributed by atoms with Crippen LogP contribution in [-0.4, -0.2) is 54.9 Å². The van der Waals surface area contributed by atoms with E-state index in [4.69, 9.17) is 9.72 Å². The third kappa shape index (κ3) is 4.41. The fourth-order valence-electron chi connectivity index (χ4n) is 3.90. The number of carbonyl (C=O) groups excluding carboxylic acids is 1. The van der Waals surface area contributed by atoms with Gasteiger partial charge < -0.3 is 10.1 Å². The number of amides is 1. The molecule has 0 unspecified atom stereocenters. The lowest BCUT2D eigenvalue weighted by atomic mass is 10.0. The van der Waals surface area contributed by atoms with Crippen LogP contribution in [0.15, 0.2) is 84.0 Å². The highest BCUT2D eigenvalue weighted by molar-refractivity contribution is 7.89. The molecule has 172 valence electrons. The molecule has 1 fully saturated rings. The summed E-state index contributed by atoms with van der Waals surface area (Å²) >= 11 is 0. The molecule has 5 rings (SSSR count). The Bertz CT molecular complexity index is 1450. The smallest absolute Gasteiger partial charge is 0.256 e. The van der Waals surface area contributed by atoms with Crippen LogP contribution >= 0.6 is 0 Å². The number of anilines is 1. The maximum Gasteiger partial charge on any atom is 0.256 e. The number of nitrogens with zero attached hydrogens (tertiary/aromatic N) is 3. The SMILES string of the molecule is O=C(Nc1cccc(S(=O)(=O)N2CCOCC2)c1)c1cc(-c2ccncc2)nc2ccccc12. The zero-order valence-corrected chi connectivity index (χ0v) is 19.0. The van der Waals surface area contributed by atoms with Crippen molar-refractivity contribution in [3.8, 4) is 11.3 Å². The molecule has 1 aliphatic heterocycles. The molecule has 2 aromatic heterocycles. The van der Waals surface area contributed by atoms with Gasteiger partial charge >= 0.3 is 0 Å². The van der Waals surface area contributed by atoms with Gasteiger partial charge in [-0.15, -0.1) is 0 Å². The third-order valence-electron chi connectivity index (χ3n) is 5.64. The zero-order chi connectivity index (χ0) is 23.5. The monoisotopic (exact) mass is 474 g/mol. The number of hydrogen-bond donors (Lipinski definition) is 1. The fraction of sp³-hybridized carbons (Fsp3) is 0.160. The minimum absolute atomic E-state index is 0.129. The number of carbonyl (C=O) groups is 1. The van der Waals surface area contributed by atoms with E-state index in [1.165, 1.54) is 16.4 Å². The summed E-state index contributed by atoms with van der Waals surface area (Å²) in [5, 5.41) is 3.56. The molecule has 0 aliphatic carbocycles. The van der Waals surface area contributed by atoms with E-state index in [9.17, 15) is 13.2 Å². The van der Waals surface area contributed by atoms with E-state index in [0.29, 0.717) is 54.2 Å². The Labute approximate surface area is 197 Å². The van der Waals surface area contributed by atoms with E-state index >= 15 is 0 Å². The van der Waals surface area contributed by atoms with Gasteiger partial charge in [-0.05, 0) is 42.5 Å². The summed E-state index contributed by atoms with van der Waals surface area (Å²) in [5.74, 6) is -0.352. The number of fused-ring (bicyclic) bond motifs is 1. The van der Waals surface area contributed by atoms with E-state index in [1.54, 1.807) is 30.6 Å². The lowest BCUT2D eigenvalue weighted by molar-refractivity contribution is 0.0730. The van der Waals surface area contributed by atoms with Crippen LogP contribution in [0.3, 0.4) is 0 Å². The number of benzene rings is 2.